The average Bonchev–Trinajstić information content (AvgIpc) is 2.16. The fraction of sp³-hybridized carbons (Fsp3) is 0.538. The molecule has 88 valence electrons. The van der Waals surface area contributed by atoms with Crippen LogP contribution in [0.3, 0.4) is 0 Å². The molecule has 3 heteroatoms. The van der Waals surface area contributed by atoms with Crippen LogP contribution >= 0.6 is 0 Å². The van der Waals surface area contributed by atoms with E-state index in [1.54, 1.807) is 0 Å². The minimum absolute atomic E-state index is 0.0468. The highest BCUT2D eigenvalue weighted by molar-refractivity contribution is 5.95. The van der Waals surface area contributed by atoms with Gasteiger partial charge in [-0.05, 0) is 17.4 Å². The molecule has 0 radical (unpaired) electrons. The lowest BCUT2D eigenvalue weighted by Gasteiger charge is -2.26. The van der Waals surface area contributed by atoms with E-state index in [9.17, 15) is 9.18 Å². The fourth-order valence-electron chi connectivity index (χ4n) is 1.27. The Bertz CT molecular complexity index is 382. The predicted octanol–water partition coefficient (Wildman–Crippen LogP) is 3.48. The van der Waals surface area contributed by atoms with Gasteiger partial charge in [-0.15, -0.1) is 0 Å². The summed E-state index contributed by atoms with van der Waals surface area (Å²) in [4.78, 5) is 15.5. The van der Waals surface area contributed by atoms with Crippen molar-refractivity contribution in [2.75, 3.05) is 0 Å². The van der Waals surface area contributed by atoms with Crippen molar-refractivity contribution < 1.29 is 9.18 Å². The van der Waals surface area contributed by atoms with E-state index in [1.807, 2.05) is 6.92 Å². The molecule has 0 N–H and O–H groups in total. The van der Waals surface area contributed by atoms with Gasteiger partial charge < -0.3 is 0 Å². The molecule has 0 aliphatic carbocycles. The molecule has 1 unspecified atom stereocenters. The second-order valence-electron chi connectivity index (χ2n) is 5.29. The molecule has 1 aromatic rings. The highest BCUT2D eigenvalue weighted by atomic mass is 19.1. The van der Waals surface area contributed by atoms with E-state index in [2.05, 4.69) is 25.8 Å². The number of Topliss-reactive ketones (excluding diaryl/α,β-unsaturated/α-hetero) is 1. The molecule has 2 nitrogen and oxygen atoms in total. The molecule has 1 aromatic heterocycles. The van der Waals surface area contributed by atoms with Crippen LogP contribution in [0.1, 0.15) is 44.5 Å². The van der Waals surface area contributed by atoms with E-state index in [-0.39, 0.29) is 17.1 Å². The van der Waals surface area contributed by atoms with Crippen LogP contribution < -0.4 is 0 Å². The number of hydrogen-bond acceptors (Lipinski definition) is 2. The molecular formula is C13H18FNO. The molecule has 0 aromatic carbocycles. The zero-order valence-electron chi connectivity index (χ0n) is 10.2. The van der Waals surface area contributed by atoms with Gasteiger partial charge in [-0.3, -0.25) is 9.78 Å². The van der Waals surface area contributed by atoms with E-state index in [0.717, 1.165) is 6.20 Å². The van der Waals surface area contributed by atoms with Crippen molar-refractivity contribution in [1.82, 2.24) is 4.98 Å². The number of ketones is 1. The van der Waals surface area contributed by atoms with Crippen LogP contribution in [0.5, 0.6) is 0 Å². The Morgan fingerprint density at radius 2 is 2.06 bits per heavy atom. The maximum Gasteiger partial charge on any atom is 0.164 e. The third-order valence-electron chi connectivity index (χ3n) is 3.00. The van der Waals surface area contributed by atoms with Gasteiger partial charge in [-0.25, -0.2) is 4.39 Å². The fourth-order valence-corrected chi connectivity index (χ4v) is 1.27. The topological polar surface area (TPSA) is 30.0 Å². The maximum atomic E-state index is 12.9. The summed E-state index contributed by atoms with van der Waals surface area (Å²) < 4.78 is 12.9. The van der Waals surface area contributed by atoms with E-state index < -0.39 is 5.82 Å². The molecule has 16 heavy (non-hydrogen) atoms. The minimum Gasteiger partial charge on any atom is -0.294 e. The van der Waals surface area contributed by atoms with Gasteiger partial charge in [0.1, 0.15) is 5.82 Å². The number of pyridine rings is 1. The lowest BCUT2D eigenvalue weighted by molar-refractivity contribution is 0.0926. The monoisotopic (exact) mass is 223 g/mol. The van der Waals surface area contributed by atoms with Crippen molar-refractivity contribution in [1.29, 1.82) is 0 Å². The van der Waals surface area contributed by atoms with Gasteiger partial charge in [0.05, 0.1) is 6.20 Å². The second-order valence-corrected chi connectivity index (χ2v) is 5.29. The summed E-state index contributed by atoms with van der Waals surface area (Å²) in [6.45, 7) is 8.31. The van der Waals surface area contributed by atoms with Crippen LogP contribution in [-0.4, -0.2) is 10.8 Å². The Labute approximate surface area is 95.9 Å². The Morgan fingerprint density at radius 1 is 1.44 bits per heavy atom. The summed E-state index contributed by atoms with van der Waals surface area (Å²) in [6.07, 6.45) is 2.94. The lowest BCUT2D eigenvalue weighted by Crippen LogP contribution is -2.20. The number of aromatic nitrogens is 1. The summed E-state index contributed by atoms with van der Waals surface area (Å²) in [5, 5.41) is 0. The molecule has 0 amide bonds. The molecular weight excluding hydrogens is 205 g/mol. The molecule has 1 rings (SSSR count). The van der Waals surface area contributed by atoms with Crippen LogP contribution in [0.2, 0.25) is 0 Å². The SMILES string of the molecule is CC(CC(=O)c1cncc(F)c1)C(C)(C)C. The van der Waals surface area contributed by atoms with Gasteiger partial charge in [0.15, 0.2) is 5.78 Å². The normalized spacial score (nSPS) is 13.6. The van der Waals surface area contributed by atoms with Crippen molar-refractivity contribution in [3.05, 3.63) is 29.8 Å². The van der Waals surface area contributed by atoms with E-state index in [1.165, 1.54) is 12.3 Å². The molecule has 0 saturated carbocycles. The van der Waals surface area contributed by atoms with Crippen molar-refractivity contribution in [3.63, 3.8) is 0 Å². The molecule has 1 heterocycles. The van der Waals surface area contributed by atoms with Crippen molar-refractivity contribution in [2.45, 2.75) is 34.1 Å². The largest absolute Gasteiger partial charge is 0.294 e. The summed E-state index contributed by atoms with van der Waals surface area (Å²) in [5.41, 5.74) is 0.437. The predicted molar refractivity (Wildman–Crippen MR) is 61.8 cm³/mol. The van der Waals surface area contributed by atoms with E-state index in [4.69, 9.17) is 0 Å². The Hall–Kier alpha value is -1.25. The van der Waals surface area contributed by atoms with Crippen molar-refractivity contribution in [2.24, 2.45) is 11.3 Å². The third kappa shape index (κ3) is 3.40. The zero-order chi connectivity index (χ0) is 12.3. The summed E-state index contributed by atoms with van der Waals surface area (Å²) >= 11 is 0. The van der Waals surface area contributed by atoms with Crippen LogP contribution in [0, 0.1) is 17.2 Å². The number of carbonyl (C=O) groups is 1. The highest BCUT2D eigenvalue weighted by Gasteiger charge is 2.23. The molecule has 0 fully saturated rings. The minimum atomic E-state index is -0.464. The second kappa shape index (κ2) is 4.73. The molecule has 0 spiro atoms. The van der Waals surface area contributed by atoms with Gasteiger partial charge in [0.25, 0.3) is 0 Å². The van der Waals surface area contributed by atoms with Crippen molar-refractivity contribution >= 4 is 5.78 Å². The van der Waals surface area contributed by atoms with Gasteiger partial charge in [0, 0.05) is 18.2 Å². The molecule has 1 atom stereocenters. The number of rotatable bonds is 3. The van der Waals surface area contributed by atoms with Crippen LogP contribution in [0.15, 0.2) is 18.5 Å². The van der Waals surface area contributed by atoms with Crippen LogP contribution in [-0.2, 0) is 0 Å². The quantitative estimate of drug-likeness (QED) is 0.734. The molecule has 0 bridgehead atoms. The van der Waals surface area contributed by atoms with Gasteiger partial charge in [-0.2, -0.15) is 0 Å². The van der Waals surface area contributed by atoms with Gasteiger partial charge >= 0.3 is 0 Å². The van der Waals surface area contributed by atoms with E-state index >= 15 is 0 Å². The first-order valence-corrected chi connectivity index (χ1v) is 5.44. The average molecular weight is 223 g/mol. The molecule has 0 aliphatic heterocycles. The first-order chi connectivity index (χ1) is 7.30. The third-order valence-corrected chi connectivity index (χ3v) is 3.00. The zero-order valence-corrected chi connectivity index (χ0v) is 10.2. The first kappa shape index (κ1) is 12.8. The maximum absolute atomic E-state index is 12.9. The Kier molecular flexibility index (Phi) is 3.79. The summed E-state index contributed by atoms with van der Waals surface area (Å²) in [7, 11) is 0. The number of hydrogen-bond donors (Lipinski definition) is 0. The first-order valence-electron chi connectivity index (χ1n) is 5.44. The highest BCUT2D eigenvalue weighted by Crippen LogP contribution is 2.29. The number of halogens is 1. The standard InChI is InChI=1S/C13H18FNO/c1-9(13(2,3)4)5-12(16)10-6-11(14)8-15-7-10/h6-9H,5H2,1-4H3. The summed E-state index contributed by atoms with van der Waals surface area (Å²) in [5.74, 6) is -0.257. The van der Waals surface area contributed by atoms with Gasteiger partial charge in [-0.1, -0.05) is 27.7 Å². The van der Waals surface area contributed by atoms with Crippen LogP contribution in [0.25, 0.3) is 0 Å². The van der Waals surface area contributed by atoms with Crippen LogP contribution in [0.4, 0.5) is 4.39 Å². The lowest BCUT2D eigenvalue weighted by atomic mass is 9.79. The van der Waals surface area contributed by atoms with E-state index in [0.29, 0.717) is 12.0 Å². The molecule has 0 aliphatic rings. The Morgan fingerprint density at radius 3 is 2.56 bits per heavy atom. The van der Waals surface area contributed by atoms with Crippen molar-refractivity contribution in [3.8, 4) is 0 Å². The molecule has 0 saturated heterocycles. The number of nitrogens with zero attached hydrogens (tertiary/aromatic N) is 1. The summed E-state index contributed by atoms with van der Waals surface area (Å²) in [6, 6.07) is 1.24. The van der Waals surface area contributed by atoms with Gasteiger partial charge in [0.2, 0.25) is 0 Å². The number of carbonyl (C=O) groups excluding carboxylic acids is 1. The Balaban J connectivity index is 2.74. The smallest absolute Gasteiger partial charge is 0.164 e.